The molecule has 3 aromatic rings. The predicted molar refractivity (Wildman–Crippen MR) is 138 cm³/mol. The number of hydrogen-bond donors (Lipinski definition) is 2. The fourth-order valence-electron chi connectivity index (χ4n) is 3.34. The van der Waals surface area contributed by atoms with Crippen LogP contribution in [-0.4, -0.2) is 60.6 Å². The third-order valence-corrected chi connectivity index (χ3v) is 8.53. The molecule has 0 saturated heterocycles. The normalized spacial score (nSPS) is 13.7. The molecule has 2 N–H and O–H groups in total. The number of para-hydroxylation sites is 1. The third kappa shape index (κ3) is 6.49. The fourth-order valence-corrected chi connectivity index (χ4v) is 5.86. The second kappa shape index (κ2) is 10.6. The van der Waals surface area contributed by atoms with E-state index in [1.54, 1.807) is 25.5 Å². The highest BCUT2D eigenvalue weighted by atomic mass is 32.3. The van der Waals surface area contributed by atoms with Gasteiger partial charge in [0, 0.05) is 42.9 Å². The molecule has 3 aromatic carbocycles. The van der Waals surface area contributed by atoms with Crippen LogP contribution in [0.5, 0.6) is 5.75 Å². The van der Waals surface area contributed by atoms with Crippen LogP contribution >= 0.6 is 0 Å². The van der Waals surface area contributed by atoms with Gasteiger partial charge in [-0.2, -0.15) is 0 Å². The lowest BCUT2D eigenvalue weighted by Gasteiger charge is -2.32. The van der Waals surface area contributed by atoms with Gasteiger partial charge in [-0.15, -0.1) is 0 Å². The quantitative estimate of drug-likeness (QED) is 0.307. The molecule has 0 aliphatic carbocycles. The van der Waals surface area contributed by atoms with Crippen LogP contribution < -0.4 is 4.74 Å². The summed E-state index contributed by atoms with van der Waals surface area (Å²) in [6.07, 6.45) is 4.77. The number of sulfone groups is 1. The highest BCUT2D eigenvalue weighted by Crippen LogP contribution is 2.39. The van der Waals surface area contributed by atoms with E-state index in [0.717, 1.165) is 23.6 Å². The summed E-state index contributed by atoms with van der Waals surface area (Å²) in [4.78, 5) is 7.86. The van der Waals surface area contributed by atoms with E-state index in [2.05, 4.69) is 9.98 Å². The highest BCUT2D eigenvalue weighted by Gasteiger charge is 2.37. The van der Waals surface area contributed by atoms with Crippen LogP contribution in [0.4, 0.5) is 0 Å². The summed E-state index contributed by atoms with van der Waals surface area (Å²) >= 11 is 0. The minimum atomic E-state index is -5.57. The molecule has 0 aliphatic heterocycles. The van der Waals surface area contributed by atoms with E-state index in [0.29, 0.717) is 19.5 Å². The maximum atomic E-state index is 13.5. The maximum Gasteiger partial charge on any atom is 0.175 e. The van der Waals surface area contributed by atoms with Crippen molar-refractivity contribution in [3.8, 4) is 5.75 Å². The molecule has 8 nitrogen and oxygen atoms in total. The topological polar surface area (TPSA) is 126 Å². The number of benzene rings is 3. The zero-order valence-corrected chi connectivity index (χ0v) is 21.1. The van der Waals surface area contributed by atoms with Crippen molar-refractivity contribution in [3.63, 3.8) is 0 Å². The molecule has 0 radical (unpaired) electrons. The van der Waals surface area contributed by atoms with Crippen molar-refractivity contribution in [1.82, 2.24) is 0 Å². The van der Waals surface area contributed by atoms with Gasteiger partial charge in [-0.25, -0.2) is 12.6 Å². The number of rotatable bonds is 10. The van der Waals surface area contributed by atoms with Crippen LogP contribution in [-0.2, 0) is 19.5 Å². The van der Waals surface area contributed by atoms with Crippen LogP contribution in [0, 0.1) is 0 Å². The van der Waals surface area contributed by atoms with Gasteiger partial charge in [0.1, 0.15) is 15.4 Å². The first-order valence-electron chi connectivity index (χ1n) is 10.7. The number of aliphatic imine (C=N–C) groups is 2. The Hall–Kier alpha value is -3.18. The second-order valence-electron chi connectivity index (χ2n) is 7.82. The smallest absolute Gasteiger partial charge is 0.175 e. The van der Waals surface area contributed by atoms with E-state index < -0.39 is 24.4 Å². The van der Waals surface area contributed by atoms with E-state index in [1.165, 1.54) is 36.5 Å². The molecular formula is C25H28N2O6S2. The van der Waals surface area contributed by atoms with Crippen LogP contribution in [0.1, 0.15) is 17.5 Å². The SMILES string of the molecule is COc1ccccc1C=NCCCN=Cc1ccccc1S(=O)(O)(O)c1cccc(S(C)(=O)=O)c1. The molecular weight excluding hydrogens is 488 g/mol. The van der Waals surface area contributed by atoms with Crippen molar-refractivity contribution in [3.05, 3.63) is 83.9 Å². The number of methoxy groups -OCH3 is 1. The number of hydrogen-bond acceptors (Lipinski definition) is 6. The summed E-state index contributed by atoms with van der Waals surface area (Å²) < 4.78 is 64.4. The zero-order valence-electron chi connectivity index (χ0n) is 19.4. The van der Waals surface area contributed by atoms with E-state index in [4.69, 9.17) is 4.74 Å². The Bertz CT molecular complexity index is 1430. The molecule has 0 fully saturated rings. The summed E-state index contributed by atoms with van der Waals surface area (Å²) in [5.41, 5.74) is 1.12. The van der Waals surface area contributed by atoms with Crippen molar-refractivity contribution in [2.75, 3.05) is 26.5 Å². The molecule has 0 atom stereocenters. The molecule has 35 heavy (non-hydrogen) atoms. The summed E-state index contributed by atoms with van der Waals surface area (Å²) in [5.74, 6) is 0.735. The van der Waals surface area contributed by atoms with Gasteiger partial charge in [0.15, 0.2) is 9.84 Å². The molecule has 0 heterocycles. The Morgan fingerprint density at radius 3 is 2.14 bits per heavy atom. The van der Waals surface area contributed by atoms with Gasteiger partial charge in [-0.3, -0.25) is 9.98 Å². The van der Waals surface area contributed by atoms with Crippen molar-refractivity contribution in [2.45, 2.75) is 21.1 Å². The number of ether oxygens (including phenoxy) is 1. The van der Waals surface area contributed by atoms with Crippen LogP contribution in [0.3, 0.4) is 0 Å². The Balaban J connectivity index is 1.74. The van der Waals surface area contributed by atoms with Gasteiger partial charge in [0.05, 0.1) is 21.8 Å². The van der Waals surface area contributed by atoms with Crippen LogP contribution in [0.15, 0.2) is 97.5 Å². The largest absolute Gasteiger partial charge is 0.496 e. The first-order chi connectivity index (χ1) is 16.5. The van der Waals surface area contributed by atoms with Crippen molar-refractivity contribution in [2.24, 2.45) is 9.98 Å². The lowest BCUT2D eigenvalue weighted by molar-refractivity contribution is 0.389. The lowest BCUT2D eigenvalue weighted by Crippen LogP contribution is -2.33. The van der Waals surface area contributed by atoms with E-state index in [9.17, 15) is 21.7 Å². The second-order valence-corrected chi connectivity index (χ2v) is 12.5. The summed E-state index contributed by atoms with van der Waals surface area (Å²) in [5, 5.41) is 0. The monoisotopic (exact) mass is 516 g/mol. The summed E-state index contributed by atoms with van der Waals surface area (Å²) in [7, 11) is -7.61. The average Bonchev–Trinajstić information content (AvgIpc) is 2.83. The zero-order chi connectivity index (χ0) is 25.6. The average molecular weight is 517 g/mol. The lowest BCUT2D eigenvalue weighted by atomic mass is 10.2. The molecule has 186 valence electrons. The van der Waals surface area contributed by atoms with Gasteiger partial charge in [0.2, 0.25) is 0 Å². The number of nitrogens with zero attached hydrogens (tertiary/aromatic N) is 2. The maximum absolute atomic E-state index is 13.5. The Kier molecular flexibility index (Phi) is 8.01. The first-order valence-corrected chi connectivity index (χ1v) is 14.5. The van der Waals surface area contributed by atoms with Crippen LogP contribution in [0.25, 0.3) is 0 Å². The van der Waals surface area contributed by atoms with E-state index in [1.807, 2.05) is 24.3 Å². The van der Waals surface area contributed by atoms with Gasteiger partial charge in [-0.05, 0) is 42.8 Å². The Morgan fingerprint density at radius 1 is 0.886 bits per heavy atom. The Labute approximate surface area is 205 Å². The Morgan fingerprint density at radius 2 is 1.49 bits per heavy atom. The van der Waals surface area contributed by atoms with E-state index in [-0.39, 0.29) is 15.4 Å². The summed E-state index contributed by atoms with van der Waals surface area (Å²) in [6.45, 7) is 0.930. The van der Waals surface area contributed by atoms with Crippen molar-refractivity contribution in [1.29, 1.82) is 0 Å². The third-order valence-electron chi connectivity index (χ3n) is 5.15. The van der Waals surface area contributed by atoms with Crippen molar-refractivity contribution < 1.29 is 26.5 Å². The minimum Gasteiger partial charge on any atom is -0.496 e. The molecule has 0 saturated carbocycles. The molecule has 0 aliphatic rings. The van der Waals surface area contributed by atoms with Crippen molar-refractivity contribution >= 4 is 31.9 Å². The molecule has 0 amide bonds. The van der Waals surface area contributed by atoms with Gasteiger partial charge in [0.25, 0.3) is 0 Å². The predicted octanol–water partition coefficient (Wildman–Crippen LogP) is 4.21. The fraction of sp³-hybridized carbons (Fsp3) is 0.200. The molecule has 10 heteroatoms. The molecule has 0 bridgehead atoms. The highest BCUT2D eigenvalue weighted by molar-refractivity contribution is 8.10. The molecule has 0 unspecified atom stereocenters. The van der Waals surface area contributed by atoms with Gasteiger partial charge >= 0.3 is 0 Å². The molecule has 0 aromatic heterocycles. The van der Waals surface area contributed by atoms with Crippen LogP contribution in [0.2, 0.25) is 0 Å². The minimum absolute atomic E-state index is 0.170. The van der Waals surface area contributed by atoms with Gasteiger partial charge in [-0.1, -0.05) is 36.4 Å². The first kappa shape index (κ1) is 26.4. The van der Waals surface area contributed by atoms with E-state index >= 15 is 0 Å². The molecule has 3 rings (SSSR count). The van der Waals surface area contributed by atoms with Gasteiger partial charge < -0.3 is 13.8 Å². The standard InChI is InChI=1S/C25H28N2O6S2/c1-33-24-13-5-3-9-20(24)18-26-15-8-16-27-19-21-10-4-6-14-25(21)35(30,31,32)23-12-7-11-22(17-23)34(2,28)29/h3-7,9-14,17-19H,8,15-16H2,1-2H3,(H2,30,31,32). The summed E-state index contributed by atoms with van der Waals surface area (Å²) in [6, 6.07) is 18.4. The molecule has 0 spiro atoms.